The van der Waals surface area contributed by atoms with Crippen LogP contribution in [-0.4, -0.2) is 5.21 Å². The Bertz CT molecular complexity index is 256. The minimum absolute atomic E-state index is 0.467. The molecular weight excluding hydrogens is 138 g/mol. The lowest BCUT2D eigenvalue weighted by Gasteiger charge is -2.00. The summed E-state index contributed by atoms with van der Waals surface area (Å²) in [7, 11) is 0. The summed E-state index contributed by atoms with van der Waals surface area (Å²) in [6, 6.07) is 3.95. The molecule has 1 N–H and O–H groups in total. The molecular formula is C9H14NO+. The first-order valence-corrected chi connectivity index (χ1v) is 3.82. The van der Waals surface area contributed by atoms with Gasteiger partial charge in [-0.15, -0.1) is 0 Å². The molecule has 0 aliphatic heterocycles. The summed E-state index contributed by atoms with van der Waals surface area (Å²) >= 11 is 0. The number of aromatic nitrogens is 1. The Morgan fingerprint density at radius 2 is 2.00 bits per heavy atom. The number of nitrogens with zero attached hydrogens (tertiary/aromatic N) is 1. The molecule has 0 fully saturated rings. The van der Waals surface area contributed by atoms with Gasteiger partial charge >= 0.3 is 0 Å². The molecule has 0 aromatic carbocycles. The Labute approximate surface area is 67.1 Å². The highest BCUT2D eigenvalue weighted by Gasteiger charge is 2.07. The Hall–Kier alpha value is -1.05. The van der Waals surface area contributed by atoms with Crippen LogP contribution >= 0.6 is 0 Å². The summed E-state index contributed by atoms with van der Waals surface area (Å²) in [5, 5.41) is 9.27. The molecule has 1 aromatic heterocycles. The summed E-state index contributed by atoms with van der Waals surface area (Å²) in [4.78, 5) is 0. The van der Waals surface area contributed by atoms with Crippen molar-refractivity contribution in [2.45, 2.75) is 26.7 Å². The number of hydrogen-bond donors (Lipinski definition) is 1. The molecule has 1 rings (SSSR count). The Balaban J connectivity index is 3.05. The fraction of sp³-hybridized carbons (Fsp3) is 0.444. The van der Waals surface area contributed by atoms with Crippen LogP contribution < -0.4 is 4.73 Å². The highest BCUT2D eigenvalue weighted by molar-refractivity contribution is 5.12. The van der Waals surface area contributed by atoms with Crippen LogP contribution in [0.15, 0.2) is 18.3 Å². The topological polar surface area (TPSA) is 24.1 Å². The minimum Gasteiger partial charge on any atom is -0.285 e. The van der Waals surface area contributed by atoms with Gasteiger partial charge in [0.1, 0.15) is 0 Å². The van der Waals surface area contributed by atoms with Gasteiger partial charge in [0.2, 0.25) is 11.9 Å². The van der Waals surface area contributed by atoms with Gasteiger partial charge in [0, 0.05) is 23.3 Å². The van der Waals surface area contributed by atoms with Gasteiger partial charge in [0.25, 0.3) is 0 Å². The summed E-state index contributed by atoms with van der Waals surface area (Å²) < 4.78 is 1.16. The second-order valence-corrected chi connectivity index (χ2v) is 3.10. The van der Waals surface area contributed by atoms with Crippen molar-refractivity contribution in [3.63, 3.8) is 0 Å². The Morgan fingerprint density at radius 3 is 2.45 bits per heavy atom. The molecule has 0 amide bonds. The average Bonchev–Trinajstić information content (AvgIpc) is 1.94. The Kier molecular flexibility index (Phi) is 2.13. The van der Waals surface area contributed by atoms with E-state index in [4.69, 9.17) is 0 Å². The zero-order valence-corrected chi connectivity index (χ0v) is 7.20. The monoisotopic (exact) mass is 152 g/mol. The maximum Gasteiger partial charge on any atom is 0.231 e. The van der Waals surface area contributed by atoms with Gasteiger partial charge in [-0.1, -0.05) is 13.8 Å². The van der Waals surface area contributed by atoms with Gasteiger partial charge in [-0.05, 0) is 12.0 Å². The third-order valence-corrected chi connectivity index (χ3v) is 1.82. The lowest BCUT2D eigenvalue weighted by molar-refractivity contribution is -0.909. The van der Waals surface area contributed by atoms with Gasteiger partial charge in [-0.25, -0.2) is 0 Å². The van der Waals surface area contributed by atoms with Crippen molar-refractivity contribution >= 4 is 0 Å². The van der Waals surface area contributed by atoms with E-state index in [9.17, 15) is 5.21 Å². The van der Waals surface area contributed by atoms with Crippen LogP contribution in [0, 0.1) is 6.92 Å². The first-order valence-electron chi connectivity index (χ1n) is 3.82. The predicted molar refractivity (Wildman–Crippen MR) is 42.6 cm³/mol. The largest absolute Gasteiger partial charge is 0.285 e. The second kappa shape index (κ2) is 2.91. The third-order valence-electron chi connectivity index (χ3n) is 1.82. The molecule has 1 aromatic rings. The first-order chi connectivity index (χ1) is 5.11. The van der Waals surface area contributed by atoms with Crippen LogP contribution in [0.3, 0.4) is 0 Å². The molecule has 0 aliphatic rings. The molecule has 0 unspecified atom stereocenters. The molecule has 0 aliphatic carbocycles. The molecule has 2 nitrogen and oxygen atoms in total. The molecule has 1 heterocycles. The molecule has 60 valence electrons. The fourth-order valence-corrected chi connectivity index (χ4v) is 0.921. The van der Waals surface area contributed by atoms with Crippen molar-refractivity contribution < 1.29 is 9.94 Å². The maximum absolute atomic E-state index is 9.27. The van der Waals surface area contributed by atoms with Gasteiger partial charge in [0.05, 0.1) is 0 Å². The number of rotatable bonds is 1. The lowest BCUT2D eigenvalue weighted by Crippen LogP contribution is -2.33. The quantitative estimate of drug-likeness (QED) is 0.480. The van der Waals surface area contributed by atoms with E-state index in [0.717, 1.165) is 16.0 Å². The van der Waals surface area contributed by atoms with E-state index in [-0.39, 0.29) is 0 Å². The predicted octanol–water partition coefficient (Wildman–Crippen LogP) is 1.64. The smallest absolute Gasteiger partial charge is 0.231 e. The average molecular weight is 152 g/mol. The van der Waals surface area contributed by atoms with Gasteiger partial charge in [-0.2, -0.15) is 0 Å². The van der Waals surface area contributed by atoms with Gasteiger partial charge < -0.3 is 0 Å². The molecule has 0 spiro atoms. The number of pyridine rings is 1. The number of hydrogen-bond acceptors (Lipinski definition) is 1. The molecule has 0 atom stereocenters. The molecule has 11 heavy (non-hydrogen) atoms. The van der Waals surface area contributed by atoms with E-state index in [1.807, 2.05) is 19.1 Å². The standard InChI is InChI=1S/C9H14NO/c1-7(2)9-5-4-8(3)10(11)6-9/h4-7,11H,1-3H3/q+1. The molecule has 0 saturated carbocycles. The normalized spacial score (nSPS) is 10.5. The van der Waals surface area contributed by atoms with Crippen molar-refractivity contribution in [1.29, 1.82) is 0 Å². The van der Waals surface area contributed by atoms with Crippen molar-refractivity contribution in [2.75, 3.05) is 0 Å². The van der Waals surface area contributed by atoms with Crippen LogP contribution in [0.5, 0.6) is 0 Å². The summed E-state index contributed by atoms with van der Waals surface area (Å²) in [5.41, 5.74) is 2.01. The van der Waals surface area contributed by atoms with Gasteiger partial charge in [-0.3, -0.25) is 5.21 Å². The molecule has 0 bridgehead atoms. The lowest BCUT2D eigenvalue weighted by atomic mass is 10.1. The highest BCUT2D eigenvalue weighted by Crippen LogP contribution is 2.10. The summed E-state index contributed by atoms with van der Waals surface area (Å²) in [5.74, 6) is 0.467. The van der Waals surface area contributed by atoms with Crippen LogP contribution in [0.25, 0.3) is 0 Å². The summed E-state index contributed by atoms with van der Waals surface area (Å²) in [6.07, 6.45) is 1.75. The van der Waals surface area contributed by atoms with Crippen molar-refractivity contribution in [1.82, 2.24) is 0 Å². The van der Waals surface area contributed by atoms with Crippen LogP contribution in [0.4, 0.5) is 0 Å². The SMILES string of the molecule is Cc1ccc(C(C)C)c[n+]1O. The van der Waals surface area contributed by atoms with Crippen molar-refractivity contribution in [3.8, 4) is 0 Å². The fourth-order valence-electron chi connectivity index (χ4n) is 0.921. The minimum atomic E-state index is 0.467. The molecule has 2 heteroatoms. The van der Waals surface area contributed by atoms with Crippen molar-refractivity contribution in [3.05, 3.63) is 29.6 Å². The van der Waals surface area contributed by atoms with E-state index in [1.165, 1.54) is 0 Å². The Morgan fingerprint density at radius 1 is 1.36 bits per heavy atom. The second-order valence-electron chi connectivity index (χ2n) is 3.10. The zero-order valence-electron chi connectivity index (χ0n) is 7.20. The third kappa shape index (κ3) is 1.70. The number of aryl methyl sites for hydroxylation is 1. The van der Waals surface area contributed by atoms with Crippen molar-refractivity contribution in [2.24, 2.45) is 0 Å². The highest BCUT2D eigenvalue weighted by atomic mass is 16.5. The first kappa shape index (κ1) is 8.05. The zero-order chi connectivity index (χ0) is 8.43. The van der Waals surface area contributed by atoms with E-state index in [2.05, 4.69) is 13.8 Å². The van der Waals surface area contributed by atoms with E-state index < -0.39 is 0 Å². The van der Waals surface area contributed by atoms with Crippen LogP contribution in [-0.2, 0) is 0 Å². The summed E-state index contributed by atoms with van der Waals surface area (Å²) in [6.45, 7) is 6.07. The van der Waals surface area contributed by atoms with E-state index in [0.29, 0.717) is 5.92 Å². The molecule has 0 saturated heterocycles. The van der Waals surface area contributed by atoms with E-state index in [1.54, 1.807) is 6.20 Å². The molecule has 0 radical (unpaired) electrons. The van der Waals surface area contributed by atoms with Gasteiger partial charge in [0.15, 0.2) is 0 Å². The van der Waals surface area contributed by atoms with Crippen LogP contribution in [0.1, 0.15) is 31.0 Å². The maximum atomic E-state index is 9.27. The van der Waals surface area contributed by atoms with Crippen LogP contribution in [0.2, 0.25) is 0 Å². The van der Waals surface area contributed by atoms with E-state index >= 15 is 0 Å².